The maximum atomic E-state index is 12.7. The van der Waals surface area contributed by atoms with Crippen molar-refractivity contribution in [3.63, 3.8) is 0 Å². The molecular weight excluding hydrogens is 386 g/mol. The molecule has 0 bridgehead atoms. The van der Waals surface area contributed by atoms with Crippen LogP contribution in [-0.2, 0) is 0 Å². The lowest BCUT2D eigenvalue weighted by Gasteiger charge is -2.18. The number of rotatable bonds is 6. The lowest BCUT2D eigenvalue weighted by molar-refractivity contribution is -0.385. The Hall–Kier alpha value is -3.33. The van der Waals surface area contributed by atoms with Crippen molar-refractivity contribution in [1.29, 1.82) is 0 Å². The average Bonchev–Trinajstić information content (AvgIpc) is 3.16. The van der Waals surface area contributed by atoms with Crippen LogP contribution in [0.1, 0.15) is 36.1 Å². The number of carbonyl (C=O) groups excluding carboxylic acids is 1. The van der Waals surface area contributed by atoms with Crippen LogP contribution >= 0.6 is 11.6 Å². The number of amides is 1. The molecule has 1 unspecified atom stereocenters. The van der Waals surface area contributed by atoms with Crippen molar-refractivity contribution in [1.82, 2.24) is 20.4 Å². The van der Waals surface area contributed by atoms with Gasteiger partial charge in [0.15, 0.2) is 0 Å². The molecular formula is C18H16ClN5O4. The second kappa shape index (κ2) is 8.13. The van der Waals surface area contributed by atoms with Gasteiger partial charge in [-0.2, -0.15) is 4.98 Å². The number of hydrogen-bond acceptors (Lipinski definition) is 7. The first-order valence-electron chi connectivity index (χ1n) is 8.35. The van der Waals surface area contributed by atoms with E-state index in [1.165, 1.54) is 12.1 Å². The first-order valence-corrected chi connectivity index (χ1v) is 8.73. The Balaban J connectivity index is 1.88. The van der Waals surface area contributed by atoms with Crippen molar-refractivity contribution in [3.05, 3.63) is 69.3 Å². The zero-order valence-electron chi connectivity index (χ0n) is 15.0. The summed E-state index contributed by atoms with van der Waals surface area (Å²) in [7, 11) is 0. The predicted molar refractivity (Wildman–Crippen MR) is 101 cm³/mol. The standard InChI is InChI=1S/C18H16ClN5O4/c1-10(2)15(18-22-16(23-28-18)11-5-7-20-8-6-11)21-17(25)13-4-3-12(19)9-14(13)24(26)27/h3-10,15H,1-2H3,(H,21,25). The highest BCUT2D eigenvalue weighted by Crippen LogP contribution is 2.27. The van der Waals surface area contributed by atoms with Gasteiger partial charge in [0.25, 0.3) is 11.6 Å². The molecule has 1 N–H and O–H groups in total. The van der Waals surface area contributed by atoms with Gasteiger partial charge in [0.2, 0.25) is 11.7 Å². The molecule has 28 heavy (non-hydrogen) atoms. The van der Waals surface area contributed by atoms with E-state index < -0.39 is 16.9 Å². The van der Waals surface area contributed by atoms with E-state index in [2.05, 4.69) is 20.4 Å². The lowest BCUT2D eigenvalue weighted by atomic mass is 10.0. The molecule has 0 aliphatic heterocycles. The average molecular weight is 402 g/mol. The van der Waals surface area contributed by atoms with Crippen LogP contribution < -0.4 is 5.32 Å². The van der Waals surface area contributed by atoms with Crippen molar-refractivity contribution >= 4 is 23.2 Å². The second-order valence-electron chi connectivity index (χ2n) is 6.31. The van der Waals surface area contributed by atoms with Gasteiger partial charge in [0.05, 0.1) is 4.92 Å². The summed E-state index contributed by atoms with van der Waals surface area (Å²) in [6.45, 7) is 3.72. The van der Waals surface area contributed by atoms with Gasteiger partial charge in [0, 0.05) is 29.0 Å². The molecule has 2 aromatic heterocycles. The van der Waals surface area contributed by atoms with E-state index in [-0.39, 0.29) is 28.1 Å². The van der Waals surface area contributed by atoms with Crippen LogP contribution in [0.5, 0.6) is 0 Å². The summed E-state index contributed by atoms with van der Waals surface area (Å²) in [5.41, 5.74) is 0.233. The van der Waals surface area contributed by atoms with Crippen molar-refractivity contribution < 1.29 is 14.2 Å². The van der Waals surface area contributed by atoms with Gasteiger partial charge in [-0.1, -0.05) is 30.6 Å². The zero-order valence-corrected chi connectivity index (χ0v) is 15.8. The summed E-state index contributed by atoms with van der Waals surface area (Å²) >= 11 is 5.80. The van der Waals surface area contributed by atoms with Crippen LogP contribution in [0.25, 0.3) is 11.4 Å². The number of aromatic nitrogens is 3. The molecule has 0 aliphatic rings. The van der Waals surface area contributed by atoms with Crippen molar-refractivity contribution in [2.75, 3.05) is 0 Å². The van der Waals surface area contributed by atoms with Crippen LogP contribution in [0, 0.1) is 16.0 Å². The van der Waals surface area contributed by atoms with Crippen molar-refractivity contribution in [2.24, 2.45) is 5.92 Å². The summed E-state index contributed by atoms with van der Waals surface area (Å²) in [5, 5.41) is 18.1. The number of carbonyl (C=O) groups is 1. The SMILES string of the molecule is CC(C)C(NC(=O)c1ccc(Cl)cc1[N+](=O)[O-])c1nc(-c2ccncc2)no1. The fourth-order valence-corrected chi connectivity index (χ4v) is 2.73. The normalized spacial score (nSPS) is 12.0. The Bertz CT molecular complexity index is 1010. The monoisotopic (exact) mass is 401 g/mol. The quantitative estimate of drug-likeness (QED) is 0.491. The summed E-state index contributed by atoms with van der Waals surface area (Å²) in [6.07, 6.45) is 3.21. The first kappa shape index (κ1) is 19.4. The highest BCUT2D eigenvalue weighted by atomic mass is 35.5. The summed E-state index contributed by atoms with van der Waals surface area (Å²) in [5.74, 6) is -0.187. The number of nitrogens with one attached hydrogen (secondary N) is 1. The molecule has 2 heterocycles. The van der Waals surface area contributed by atoms with Crippen molar-refractivity contribution in [3.8, 4) is 11.4 Å². The summed E-state index contributed by atoms with van der Waals surface area (Å²) in [4.78, 5) is 31.6. The zero-order chi connectivity index (χ0) is 20.3. The van der Waals surface area contributed by atoms with E-state index in [0.29, 0.717) is 11.4 Å². The van der Waals surface area contributed by atoms with Crippen LogP contribution in [0.15, 0.2) is 47.2 Å². The van der Waals surface area contributed by atoms with Gasteiger partial charge >= 0.3 is 0 Å². The predicted octanol–water partition coefficient (Wildman–Crippen LogP) is 3.82. The highest BCUT2D eigenvalue weighted by molar-refractivity contribution is 6.31. The number of hydrogen-bond donors (Lipinski definition) is 1. The van der Waals surface area contributed by atoms with Gasteiger partial charge in [0.1, 0.15) is 11.6 Å². The van der Waals surface area contributed by atoms with E-state index in [4.69, 9.17) is 16.1 Å². The van der Waals surface area contributed by atoms with Crippen LogP contribution in [0.2, 0.25) is 5.02 Å². The molecule has 0 saturated heterocycles. The molecule has 1 aromatic carbocycles. The van der Waals surface area contributed by atoms with Crippen molar-refractivity contribution in [2.45, 2.75) is 19.9 Å². The third-order valence-corrected chi connectivity index (χ3v) is 4.24. The molecule has 10 heteroatoms. The van der Waals surface area contributed by atoms with E-state index in [1.54, 1.807) is 24.5 Å². The molecule has 0 spiro atoms. The van der Waals surface area contributed by atoms with E-state index in [0.717, 1.165) is 6.07 Å². The van der Waals surface area contributed by atoms with E-state index in [9.17, 15) is 14.9 Å². The molecule has 1 atom stereocenters. The smallest absolute Gasteiger partial charge is 0.283 e. The summed E-state index contributed by atoms with van der Waals surface area (Å²) in [6, 6.07) is 6.69. The molecule has 1 amide bonds. The molecule has 0 saturated carbocycles. The Kier molecular flexibility index (Phi) is 5.65. The maximum Gasteiger partial charge on any atom is 0.283 e. The molecule has 0 radical (unpaired) electrons. The Morgan fingerprint density at radius 2 is 1.96 bits per heavy atom. The molecule has 9 nitrogen and oxygen atoms in total. The minimum absolute atomic E-state index is 0.103. The fraction of sp³-hybridized carbons (Fsp3) is 0.222. The highest BCUT2D eigenvalue weighted by Gasteiger charge is 2.28. The van der Waals surface area contributed by atoms with Gasteiger partial charge in [-0.15, -0.1) is 0 Å². The van der Waals surface area contributed by atoms with Gasteiger partial charge in [-0.3, -0.25) is 19.9 Å². The fourth-order valence-electron chi connectivity index (χ4n) is 2.56. The number of nitro benzene ring substituents is 1. The third-order valence-electron chi connectivity index (χ3n) is 4.00. The third kappa shape index (κ3) is 4.15. The number of halogens is 1. The summed E-state index contributed by atoms with van der Waals surface area (Å²) < 4.78 is 5.32. The number of nitro groups is 1. The second-order valence-corrected chi connectivity index (χ2v) is 6.74. The van der Waals surface area contributed by atoms with Crippen LogP contribution in [0.3, 0.4) is 0 Å². The Labute approximate surface area is 164 Å². The minimum atomic E-state index is -0.653. The van der Waals surface area contributed by atoms with E-state index >= 15 is 0 Å². The Morgan fingerprint density at radius 1 is 1.25 bits per heavy atom. The Morgan fingerprint density at radius 3 is 2.61 bits per heavy atom. The number of benzene rings is 1. The van der Waals surface area contributed by atoms with Gasteiger partial charge < -0.3 is 9.84 Å². The largest absolute Gasteiger partial charge is 0.340 e. The van der Waals surface area contributed by atoms with E-state index in [1.807, 2.05) is 13.8 Å². The first-order chi connectivity index (χ1) is 13.4. The maximum absolute atomic E-state index is 12.7. The molecule has 3 rings (SSSR count). The number of pyridine rings is 1. The van der Waals surface area contributed by atoms with Crippen LogP contribution in [0.4, 0.5) is 5.69 Å². The molecule has 0 aliphatic carbocycles. The lowest BCUT2D eigenvalue weighted by Crippen LogP contribution is -2.32. The van der Waals surface area contributed by atoms with Crippen LogP contribution in [-0.4, -0.2) is 26.0 Å². The topological polar surface area (TPSA) is 124 Å². The van der Waals surface area contributed by atoms with Gasteiger partial charge in [-0.25, -0.2) is 0 Å². The molecule has 0 fully saturated rings. The molecule has 144 valence electrons. The van der Waals surface area contributed by atoms with Gasteiger partial charge in [-0.05, 0) is 30.2 Å². The minimum Gasteiger partial charge on any atom is -0.340 e. The molecule has 3 aromatic rings. The number of nitrogens with zero attached hydrogens (tertiary/aromatic N) is 4.